The standard InChI is InChI=1S/C14H21NO4/c1-5-6-7-11(14(17)18)15-13(16)12-8(2)9(3)19-10(12)4/h11H,5-7H2,1-4H3,(H,15,16)(H,17,18). The summed E-state index contributed by atoms with van der Waals surface area (Å²) in [6, 6.07) is -0.846. The highest BCUT2D eigenvalue weighted by molar-refractivity contribution is 5.98. The van der Waals surface area contributed by atoms with Crippen LogP contribution in [0, 0.1) is 20.8 Å². The summed E-state index contributed by atoms with van der Waals surface area (Å²) in [5.74, 6) is -0.178. The van der Waals surface area contributed by atoms with Crippen LogP contribution in [0.5, 0.6) is 0 Å². The lowest BCUT2D eigenvalue weighted by Crippen LogP contribution is -2.41. The lowest BCUT2D eigenvalue weighted by atomic mass is 10.1. The van der Waals surface area contributed by atoms with Crippen molar-refractivity contribution < 1.29 is 19.1 Å². The number of hydrogen-bond acceptors (Lipinski definition) is 3. The maximum Gasteiger partial charge on any atom is 0.326 e. The minimum absolute atomic E-state index is 0.379. The molecule has 1 heterocycles. The number of hydrogen-bond donors (Lipinski definition) is 2. The first-order chi connectivity index (χ1) is 8.88. The van der Waals surface area contributed by atoms with Crippen molar-refractivity contribution in [3.63, 3.8) is 0 Å². The predicted molar refractivity (Wildman–Crippen MR) is 71.3 cm³/mol. The van der Waals surface area contributed by atoms with Gasteiger partial charge in [-0.05, 0) is 27.2 Å². The number of aliphatic carboxylic acids is 1. The molecule has 1 aromatic heterocycles. The fourth-order valence-corrected chi connectivity index (χ4v) is 2.02. The van der Waals surface area contributed by atoms with Crippen LogP contribution in [0.2, 0.25) is 0 Å². The SMILES string of the molecule is CCCCC(NC(=O)c1c(C)oc(C)c1C)C(=O)O. The van der Waals surface area contributed by atoms with E-state index in [0.29, 0.717) is 23.5 Å². The second kappa shape index (κ2) is 6.41. The first kappa shape index (κ1) is 15.3. The molecule has 2 N–H and O–H groups in total. The van der Waals surface area contributed by atoms with Crippen LogP contribution in [0.3, 0.4) is 0 Å². The number of amides is 1. The molecule has 0 aliphatic carbocycles. The van der Waals surface area contributed by atoms with E-state index in [-0.39, 0.29) is 5.91 Å². The van der Waals surface area contributed by atoms with Crippen molar-refractivity contribution in [1.29, 1.82) is 0 Å². The second-order valence-electron chi connectivity index (χ2n) is 4.72. The Morgan fingerprint density at radius 1 is 1.26 bits per heavy atom. The predicted octanol–water partition coefficient (Wildman–Crippen LogP) is 2.58. The van der Waals surface area contributed by atoms with Crippen molar-refractivity contribution in [2.75, 3.05) is 0 Å². The molecule has 0 aromatic carbocycles. The Kier molecular flexibility index (Phi) is 5.15. The van der Waals surface area contributed by atoms with E-state index in [4.69, 9.17) is 9.52 Å². The molecule has 1 amide bonds. The van der Waals surface area contributed by atoms with Gasteiger partial charge in [-0.3, -0.25) is 4.79 Å². The van der Waals surface area contributed by atoms with E-state index in [1.807, 2.05) is 6.92 Å². The first-order valence-corrected chi connectivity index (χ1v) is 6.48. The van der Waals surface area contributed by atoms with Crippen LogP contribution in [-0.4, -0.2) is 23.0 Å². The average Bonchev–Trinajstić information content (AvgIpc) is 2.58. The molecule has 0 saturated carbocycles. The van der Waals surface area contributed by atoms with Crippen molar-refractivity contribution in [2.45, 2.75) is 53.0 Å². The number of carbonyl (C=O) groups is 2. The van der Waals surface area contributed by atoms with Crippen LogP contribution >= 0.6 is 0 Å². The number of unbranched alkanes of at least 4 members (excludes halogenated alkanes) is 1. The number of carboxylic acid groups (broad SMARTS) is 1. The van der Waals surface area contributed by atoms with Gasteiger partial charge in [-0.1, -0.05) is 19.8 Å². The van der Waals surface area contributed by atoms with Crippen molar-refractivity contribution >= 4 is 11.9 Å². The summed E-state index contributed by atoms with van der Waals surface area (Å²) < 4.78 is 5.38. The van der Waals surface area contributed by atoms with Crippen LogP contribution in [0.15, 0.2) is 4.42 Å². The molecule has 5 heteroatoms. The molecule has 19 heavy (non-hydrogen) atoms. The molecule has 106 valence electrons. The van der Waals surface area contributed by atoms with Crippen LogP contribution in [-0.2, 0) is 4.79 Å². The Labute approximate surface area is 113 Å². The number of carboxylic acids is 1. The van der Waals surface area contributed by atoms with Gasteiger partial charge in [0.1, 0.15) is 17.6 Å². The smallest absolute Gasteiger partial charge is 0.326 e. The molecule has 0 aliphatic heterocycles. The summed E-state index contributed by atoms with van der Waals surface area (Å²) in [6.45, 7) is 7.26. The Morgan fingerprint density at radius 3 is 2.32 bits per heavy atom. The van der Waals surface area contributed by atoms with Gasteiger partial charge in [0, 0.05) is 5.56 Å². The molecule has 1 unspecified atom stereocenters. The fourth-order valence-electron chi connectivity index (χ4n) is 2.02. The molecule has 0 saturated heterocycles. The van der Waals surface area contributed by atoms with Gasteiger partial charge in [0.05, 0.1) is 5.56 Å². The molecular weight excluding hydrogens is 246 g/mol. The van der Waals surface area contributed by atoms with Crippen LogP contribution in [0.1, 0.15) is 53.6 Å². The van der Waals surface area contributed by atoms with Gasteiger partial charge >= 0.3 is 5.97 Å². The molecule has 0 bridgehead atoms. The van der Waals surface area contributed by atoms with Gasteiger partial charge in [0.25, 0.3) is 5.91 Å². The minimum atomic E-state index is -1.00. The van der Waals surface area contributed by atoms with E-state index >= 15 is 0 Å². The third kappa shape index (κ3) is 3.59. The molecule has 1 rings (SSSR count). The van der Waals surface area contributed by atoms with E-state index in [0.717, 1.165) is 18.4 Å². The van der Waals surface area contributed by atoms with E-state index < -0.39 is 12.0 Å². The topological polar surface area (TPSA) is 79.5 Å². The van der Waals surface area contributed by atoms with Gasteiger partial charge in [0.15, 0.2) is 0 Å². The lowest BCUT2D eigenvalue weighted by Gasteiger charge is -2.14. The first-order valence-electron chi connectivity index (χ1n) is 6.48. The van der Waals surface area contributed by atoms with Gasteiger partial charge < -0.3 is 14.8 Å². The van der Waals surface area contributed by atoms with Gasteiger partial charge in [-0.25, -0.2) is 4.79 Å². The van der Waals surface area contributed by atoms with Crippen molar-refractivity contribution in [3.8, 4) is 0 Å². The van der Waals surface area contributed by atoms with Gasteiger partial charge in [0.2, 0.25) is 0 Å². The maximum absolute atomic E-state index is 12.1. The molecular formula is C14H21NO4. The summed E-state index contributed by atoms with van der Waals surface area (Å²) in [7, 11) is 0. The zero-order valence-corrected chi connectivity index (χ0v) is 11.9. The molecule has 1 atom stereocenters. The van der Waals surface area contributed by atoms with Crippen LogP contribution < -0.4 is 5.32 Å². The molecule has 0 aliphatic rings. The highest BCUT2D eigenvalue weighted by Crippen LogP contribution is 2.20. The highest BCUT2D eigenvalue weighted by atomic mass is 16.4. The number of furan rings is 1. The van der Waals surface area contributed by atoms with Gasteiger partial charge in [-0.2, -0.15) is 0 Å². The molecule has 5 nitrogen and oxygen atoms in total. The summed E-state index contributed by atoms with van der Waals surface area (Å²) in [6.07, 6.45) is 2.09. The summed E-state index contributed by atoms with van der Waals surface area (Å²) in [4.78, 5) is 23.3. The molecule has 0 spiro atoms. The van der Waals surface area contributed by atoms with E-state index in [1.54, 1.807) is 20.8 Å². The number of rotatable bonds is 6. The number of aryl methyl sites for hydroxylation is 2. The Hall–Kier alpha value is -1.78. The van der Waals surface area contributed by atoms with E-state index in [1.165, 1.54) is 0 Å². The van der Waals surface area contributed by atoms with Crippen molar-refractivity contribution in [3.05, 3.63) is 22.6 Å². The third-order valence-corrected chi connectivity index (χ3v) is 3.24. The Morgan fingerprint density at radius 2 is 1.89 bits per heavy atom. The number of carbonyl (C=O) groups excluding carboxylic acids is 1. The zero-order chi connectivity index (χ0) is 14.6. The molecule has 1 aromatic rings. The quantitative estimate of drug-likeness (QED) is 0.830. The normalized spacial score (nSPS) is 12.2. The van der Waals surface area contributed by atoms with Crippen LogP contribution in [0.4, 0.5) is 0 Å². The highest BCUT2D eigenvalue weighted by Gasteiger charge is 2.24. The number of nitrogens with one attached hydrogen (secondary N) is 1. The summed E-state index contributed by atoms with van der Waals surface area (Å²) in [5.41, 5.74) is 1.20. The third-order valence-electron chi connectivity index (χ3n) is 3.24. The van der Waals surface area contributed by atoms with Gasteiger partial charge in [-0.15, -0.1) is 0 Å². The zero-order valence-electron chi connectivity index (χ0n) is 11.9. The Balaban J connectivity index is 2.85. The molecule has 0 fully saturated rings. The van der Waals surface area contributed by atoms with E-state index in [2.05, 4.69) is 5.32 Å². The summed E-state index contributed by atoms with van der Waals surface area (Å²) in [5, 5.41) is 11.7. The molecule has 0 radical (unpaired) electrons. The van der Waals surface area contributed by atoms with Crippen molar-refractivity contribution in [1.82, 2.24) is 5.32 Å². The van der Waals surface area contributed by atoms with Crippen molar-refractivity contribution in [2.24, 2.45) is 0 Å². The second-order valence-corrected chi connectivity index (χ2v) is 4.72. The maximum atomic E-state index is 12.1. The largest absolute Gasteiger partial charge is 0.480 e. The van der Waals surface area contributed by atoms with E-state index in [9.17, 15) is 9.59 Å². The monoisotopic (exact) mass is 267 g/mol. The Bertz CT molecular complexity index is 476. The lowest BCUT2D eigenvalue weighted by molar-refractivity contribution is -0.139. The average molecular weight is 267 g/mol. The fraction of sp³-hybridized carbons (Fsp3) is 0.571. The summed E-state index contributed by atoms with van der Waals surface area (Å²) >= 11 is 0. The van der Waals surface area contributed by atoms with Crippen LogP contribution in [0.25, 0.3) is 0 Å². The minimum Gasteiger partial charge on any atom is -0.480 e.